The van der Waals surface area contributed by atoms with E-state index in [0.29, 0.717) is 32.8 Å². The first kappa shape index (κ1) is 21.2. The van der Waals surface area contributed by atoms with Gasteiger partial charge in [-0.25, -0.2) is 9.69 Å². The monoisotopic (exact) mass is 480 g/mol. The lowest BCUT2D eigenvalue weighted by Gasteiger charge is -2.25. The van der Waals surface area contributed by atoms with Gasteiger partial charge in [0, 0.05) is 22.3 Å². The lowest BCUT2D eigenvalue weighted by molar-refractivity contribution is -0.117. The number of aromatic nitrogens is 1. The second kappa shape index (κ2) is 8.06. The lowest BCUT2D eigenvalue weighted by Crippen LogP contribution is -2.42. The second-order valence-electron chi connectivity index (χ2n) is 7.62. The van der Waals surface area contributed by atoms with E-state index in [1.54, 1.807) is 46.7 Å². The number of imide groups is 1. The van der Waals surface area contributed by atoms with Crippen molar-refractivity contribution in [2.75, 3.05) is 12.0 Å². The number of fused-ring (bicyclic) bond motifs is 2. The maximum absolute atomic E-state index is 13.3. The average molecular weight is 481 g/mol. The van der Waals surface area contributed by atoms with E-state index in [0.717, 1.165) is 10.5 Å². The Morgan fingerprint density at radius 3 is 2.76 bits per heavy atom. The molecule has 7 nitrogen and oxygen atoms in total. The number of amides is 2. The van der Waals surface area contributed by atoms with E-state index in [1.807, 2.05) is 18.2 Å². The minimum Gasteiger partial charge on any atom is -0.497 e. The van der Waals surface area contributed by atoms with Crippen molar-refractivity contribution in [2.45, 2.75) is 13.0 Å². The van der Waals surface area contributed by atoms with E-state index in [2.05, 4.69) is 0 Å². The number of carboxylic acid groups (broad SMARTS) is 1. The van der Waals surface area contributed by atoms with Gasteiger partial charge in [0.25, 0.3) is 5.91 Å². The standard InChI is InChI=1S/C24H17ClN2O5S/c1-32-16-4-2-3-13(7-16)10-26-19-6-5-15(25)9-17(19)21(22(26)24(30)31)27-20(28)8-14-11-33-12-18(14)23(27)29/h2-7,9,11-12H,8,10H2,1H3,(H,30,31). The van der Waals surface area contributed by atoms with Gasteiger partial charge in [-0.3, -0.25) is 9.59 Å². The smallest absolute Gasteiger partial charge is 0.354 e. The van der Waals surface area contributed by atoms with Crippen molar-refractivity contribution < 1.29 is 24.2 Å². The van der Waals surface area contributed by atoms with Crippen LogP contribution >= 0.6 is 22.9 Å². The molecule has 0 atom stereocenters. The summed E-state index contributed by atoms with van der Waals surface area (Å²) < 4.78 is 6.87. The quantitative estimate of drug-likeness (QED) is 0.413. The highest BCUT2D eigenvalue weighted by atomic mass is 35.5. The van der Waals surface area contributed by atoms with Crippen LogP contribution in [0, 0.1) is 0 Å². The van der Waals surface area contributed by atoms with Crippen LogP contribution in [0.1, 0.15) is 32.0 Å². The number of ether oxygens (including phenoxy) is 1. The van der Waals surface area contributed by atoms with Gasteiger partial charge in [-0.2, -0.15) is 11.3 Å². The SMILES string of the molecule is COc1cccc(Cn2c(C(=O)O)c(N3C(=O)Cc4cscc4C3=O)c3cc(Cl)ccc32)c1. The minimum absolute atomic E-state index is 0.0206. The van der Waals surface area contributed by atoms with Crippen LogP contribution in [0.2, 0.25) is 5.02 Å². The van der Waals surface area contributed by atoms with E-state index < -0.39 is 17.8 Å². The second-order valence-corrected chi connectivity index (χ2v) is 8.80. The van der Waals surface area contributed by atoms with Gasteiger partial charge in [-0.1, -0.05) is 23.7 Å². The Morgan fingerprint density at radius 2 is 2.00 bits per heavy atom. The molecule has 9 heteroatoms. The van der Waals surface area contributed by atoms with Crippen molar-refractivity contribution in [1.29, 1.82) is 0 Å². The van der Waals surface area contributed by atoms with Crippen LogP contribution in [-0.2, 0) is 17.8 Å². The predicted octanol–water partition coefficient (Wildman–Crippen LogP) is 4.84. The highest BCUT2D eigenvalue weighted by Gasteiger charge is 2.38. The average Bonchev–Trinajstić information content (AvgIpc) is 3.37. The normalized spacial score (nSPS) is 13.5. The Labute approximate surface area is 197 Å². The molecule has 0 fully saturated rings. The molecule has 0 saturated heterocycles. The first-order chi connectivity index (χ1) is 15.9. The third kappa shape index (κ3) is 3.48. The fourth-order valence-corrected chi connectivity index (χ4v) is 5.22. The molecule has 0 spiro atoms. The molecule has 0 unspecified atom stereocenters. The van der Waals surface area contributed by atoms with E-state index in [9.17, 15) is 19.5 Å². The van der Waals surface area contributed by atoms with E-state index in [1.165, 1.54) is 11.3 Å². The molecule has 4 aromatic rings. The molecule has 2 aromatic heterocycles. The van der Waals surface area contributed by atoms with Crippen molar-refractivity contribution in [2.24, 2.45) is 0 Å². The number of benzene rings is 2. The van der Waals surface area contributed by atoms with Gasteiger partial charge in [0.1, 0.15) is 5.75 Å². The highest BCUT2D eigenvalue weighted by Crippen LogP contribution is 2.39. The summed E-state index contributed by atoms with van der Waals surface area (Å²) in [6.07, 6.45) is 0.0206. The van der Waals surface area contributed by atoms with Crippen molar-refractivity contribution >= 4 is 57.3 Å². The number of halogens is 1. The number of rotatable bonds is 5. The van der Waals surface area contributed by atoms with Crippen molar-refractivity contribution in [1.82, 2.24) is 4.57 Å². The Kier molecular flexibility index (Phi) is 5.19. The fourth-order valence-electron chi connectivity index (χ4n) is 4.22. The van der Waals surface area contributed by atoms with Crippen LogP contribution < -0.4 is 9.64 Å². The third-order valence-corrected chi connectivity index (χ3v) is 6.69. The Bertz CT molecular complexity index is 1450. The molecule has 33 heavy (non-hydrogen) atoms. The van der Waals surface area contributed by atoms with Crippen molar-refractivity contribution in [3.8, 4) is 5.75 Å². The molecule has 1 aliphatic rings. The molecule has 2 aromatic carbocycles. The van der Waals surface area contributed by atoms with Gasteiger partial charge < -0.3 is 14.4 Å². The van der Waals surface area contributed by atoms with E-state index >= 15 is 0 Å². The van der Waals surface area contributed by atoms with Crippen molar-refractivity contribution in [3.05, 3.63) is 80.6 Å². The maximum atomic E-state index is 13.3. The molecular formula is C24H17ClN2O5S. The molecule has 0 aliphatic carbocycles. The molecule has 0 saturated carbocycles. The van der Waals surface area contributed by atoms with Crippen LogP contribution in [0.5, 0.6) is 5.75 Å². The van der Waals surface area contributed by atoms with E-state index in [-0.39, 0.29) is 24.3 Å². The molecule has 1 N–H and O–H groups in total. The van der Waals surface area contributed by atoms with E-state index in [4.69, 9.17) is 16.3 Å². The molecule has 3 heterocycles. The number of nitrogens with zero attached hydrogens (tertiary/aromatic N) is 2. The number of thiophene rings is 1. The summed E-state index contributed by atoms with van der Waals surface area (Å²) >= 11 is 7.58. The maximum Gasteiger partial charge on any atom is 0.354 e. The number of carboxylic acids is 1. The lowest BCUT2D eigenvalue weighted by atomic mass is 10.0. The van der Waals surface area contributed by atoms with Crippen molar-refractivity contribution in [3.63, 3.8) is 0 Å². The third-order valence-electron chi connectivity index (χ3n) is 5.67. The van der Waals surface area contributed by atoms with Gasteiger partial charge >= 0.3 is 5.97 Å². The summed E-state index contributed by atoms with van der Waals surface area (Å²) in [5.41, 5.74) is 2.29. The summed E-state index contributed by atoms with van der Waals surface area (Å²) in [6, 6.07) is 12.2. The van der Waals surface area contributed by atoms with Crippen LogP contribution in [0.15, 0.2) is 53.2 Å². The summed E-state index contributed by atoms with van der Waals surface area (Å²) in [6.45, 7) is 0.191. The topological polar surface area (TPSA) is 88.8 Å². The molecule has 0 bridgehead atoms. The number of carbonyl (C=O) groups is 3. The number of hydrogen-bond acceptors (Lipinski definition) is 5. The van der Waals surface area contributed by atoms with Crippen LogP contribution in [0.3, 0.4) is 0 Å². The summed E-state index contributed by atoms with van der Waals surface area (Å²) in [7, 11) is 1.55. The Balaban J connectivity index is 1.76. The largest absolute Gasteiger partial charge is 0.497 e. The van der Waals surface area contributed by atoms with Gasteiger partial charge in [-0.15, -0.1) is 0 Å². The number of carbonyl (C=O) groups excluding carboxylic acids is 2. The zero-order valence-electron chi connectivity index (χ0n) is 17.4. The summed E-state index contributed by atoms with van der Waals surface area (Å²) in [5.74, 6) is -1.63. The summed E-state index contributed by atoms with van der Waals surface area (Å²) in [5, 5.41) is 14.5. The first-order valence-electron chi connectivity index (χ1n) is 9.99. The van der Waals surface area contributed by atoms with Crippen LogP contribution in [-0.4, -0.2) is 34.6 Å². The number of hydrogen-bond donors (Lipinski definition) is 1. The fraction of sp³-hybridized carbons (Fsp3) is 0.125. The number of aromatic carboxylic acids is 1. The molecular weight excluding hydrogens is 464 g/mol. The molecule has 166 valence electrons. The molecule has 5 rings (SSSR count). The van der Waals surface area contributed by atoms with Gasteiger partial charge in [0.2, 0.25) is 5.91 Å². The molecule has 0 radical (unpaired) electrons. The highest BCUT2D eigenvalue weighted by molar-refractivity contribution is 7.08. The zero-order chi connectivity index (χ0) is 23.3. The Morgan fingerprint density at radius 1 is 1.18 bits per heavy atom. The van der Waals surface area contributed by atoms with Gasteiger partial charge in [0.05, 0.1) is 30.3 Å². The van der Waals surface area contributed by atoms with Gasteiger partial charge in [0.15, 0.2) is 5.69 Å². The summed E-state index contributed by atoms with van der Waals surface area (Å²) in [4.78, 5) is 39.9. The zero-order valence-corrected chi connectivity index (χ0v) is 18.9. The molecule has 1 aliphatic heterocycles. The number of anilines is 1. The van der Waals surface area contributed by atoms with Gasteiger partial charge in [-0.05, 0) is 46.8 Å². The Hall–Kier alpha value is -3.62. The predicted molar refractivity (Wildman–Crippen MR) is 126 cm³/mol. The van der Waals surface area contributed by atoms with Crippen LogP contribution in [0.25, 0.3) is 10.9 Å². The molecule has 2 amide bonds. The minimum atomic E-state index is -1.25. The first-order valence-corrected chi connectivity index (χ1v) is 11.3. The number of methoxy groups -OCH3 is 1. The van der Waals surface area contributed by atoms with Crippen LogP contribution in [0.4, 0.5) is 5.69 Å².